The second-order valence-corrected chi connectivity index (χ2v) is 9.41. The summed E-state index contributed by atoms with van der Waals surface area (Å²) in [7, 11) is 1.11. The summed E-state index contributed by atoms with van der Waals surface area (Å²) in [4.78, 5) is 26.4. The highest BCUT2D eigenvalue weighted by Crippen LogP contribution is 2.45. The molecule has 9 nitrogen and oxygen atoms in total. The fourth-order valence-corrected chi connectivity index (χ4v) is 3.43. The first-order chi connectivity index (χ1) is 13.1. The SMILES string of the molecule is CCCCCCCCCC(=O)C(OP(=O)(O)OCC[N+](C)(C)C)[C@H](CO)OO. The highest BCUT2D eigenvalue weighted by Gasteiger charge is 2.37. The summed E-state index contributed by atoms with van der Waals surface area (Å²) >= 11 is 0. The van der Waals surface area contributed by atoms with Gasteiger partial charge in [-0.1, -0.05) is 45.4 Å². The number of carbonyl (C=O) groups is 1. The zero-order valence-corrected chi connectivity index (χ0v) is 18.6. The van der Waals surface area contributed by atoms with Gasteiger partial charge in [0, 0.05) is 6.42 Å². The number of ketones is 1. The molecule has 0 heterocycles. The Hall–Kier alpha value is -0.380. The van der Waals surface area contributed by atoms with Crippen molar-refractivity contribution in [2.24, 2.45) is 0 Å². The molecule has 28 heavy (non-hydrogen) atoms. The molecule has 3 atom stereocenters. The number of unbranched alkanes of at least 4 members (excludes halogenated alkanes) is 6. The summed E-state index contributed by atoms with van der Waals surface area (Å²) in [5.41, 5.74) is 0. The quantitative estimate of drug-likeness (QED) is 0.100. The third-order valence-corrected chi connectivity index (χ3v) is 5.26. The van der Waals surface area contributed by atoms with Crippen molar-refractivity contribution < 1.29 is 43.0 Å². The smallest absolute Gasteiger partial charge is 0.393 e. The number of aliphatic hydroxyl groups is 1. The van der Waals surface area contributed by atoms with Crippen LogP contribution < -0.4 is 0 Å². The van der Waals surface area contributed by atoms with E-state index in [1.807, 2.05) is 21.1 Å². The van der Waals surface area contributed by atoms with E-state index in [4.69, 9.17) is 14.3 Å². The van der Waals surface area contributed by atoms with E-state index in [1.54, 1.807) is 0 Å². The average Bonchev–Trinajstić information content (AvgIpc) is 2.59. The van der Waals surface area contributed by atoms with E-state index in [9.17, 15) is 19.4 Å². The van der Waals surface area contributed by atoms with Crippen LogP contribution in [0.2, 0.25) is 0 Å². The number of likely N-dealkylation sites (N-methyl/N-ethyl adjacent to an activating group) is 1. The first-order valence-electron chi connectivity index (χ1n) is 9.96. The Kier molecular flexibility index (Phi) is 14.4. The maximum Gasteiger partial charge on any atom is 0.473 e. The van der Waals surface area contributed by atoms with Gasteiger partial charge in [0.05, 0.1) is 27.7 Å². The maximum atomic E-state index is 12.4. The zero-order chi connectivity index (χ0) is 21.6. The molecule has 0 amide bonds. The highest BCUT2D eigenvalue weighted by atomic mass is 31.2. The topological polar surface area (TPSA) is 123 Å². The molecule has 0 rings (SSSR count). The lowest BCUT2D eigenvalue weighted by atomic mass is 10.0. The lowest BCUT2D eigenvalue weighted by Gasteiger charge is -2.26. The van der Waals surface area contributed by atoms with Crippen LogP contribution in [0, 0.1) is 0 Å². The molecule has 0 aromatic rings. The molecule has 0 aromatic heterocycles. The molecule has 0 radical (unpaired) electrons. The molecule has 168 valence electrons. The average molecular weight is 428 g/mol. The number of carbonyl (C=O) groups excluding carboxylic acids is 1. The van der Waals surface area contributed by atoms with Gasteiger partial charge in [0.15, 0.2) is 11.9 Å². The molecular formula is C18H39NO8P+. The van der Waals surface area contributed by atoms with Crippen LogP contribution in [0.25, 0.3) is 0 Å². The van der Waals surface area contributed by atoms with Crippen molar-refractivity contribution in [1.82, 2.24) is 0 Å². The van der Waals surface area contributed by atoms with Gasteiger partial charge in [-0.25, -0.2) is 9.45 Å². The number of quaternary nitrogens is 1. The van der Waals surface area contributed by atoms with Crippen molar-refractivity contribution in [1.29, 1.82) is 0 Å². The standard InChI is InChI=1S/C18H38NO8P/c1-5-6-7-8-9-10-11-12-16(21)18(17(15-20)26-22)27-28(23,24)25-14-13-19(2,3)4/h17-18,20H,5-15H2,1-4H3,(H-,22,23,24)/p+1/t17-,18?/m0/s1. The molecule has 0 aromatic carbocycles. The molecule has 0 spiro atoms. The number of hydrogen-bond acceptors (Lipinski definition) is 7. The predicted octanol–water partition coefficient (Wildman–Crippen LogP) is 2.76. The van der Waals surface area contributed by atoms with Crippen LogP contribution in [0.3, 0.4) is 0 Å². The Balaban J connectivity index is 4.63. The minimum Gasteiger partial charge on any atom is -0.393 e. The monoisotopic (exact) mass is 428 g/mol. The molecule has 0 aliphatic rings. The van der Waals surface area contributed by atoms with Crippen LogP contribution in [0.4, 0.5) is 0 Å². The van der Waals surface area contributed by atoms with Crippen molar-refractivity contribution >= 4 is 13.6 Å². The first kappa shape index (κ1) is 27.6. The molecular weight excluding hydrogens is 389 g/mol. The van der Waals surface area contributed by atoms with Crippen LogP contribution in [-0.4, -0.2) is 78.6 Å². The molecule has 0 saturated carbocycles. The van der Waals surface area contributed by atoms with E-state index in [0.29, 0.717) is 17.4 Å². The van der Waals surface area contributed by atoms with Crippen molar-refractivity contribution in [2.45, 2.75) is 70.5 Å². The molecule has 0 fully saturated rings. The number of aliphatic hydroxyl groups excluding tert-OH is 1. The lowest BCUT2D eigenvalue weighted by Crippen LogP contribution is -2.40. The summed E-state index contributed by atoms with van der Waals surface area (Å²) in [6, 6.07) is 0. The summed E-state index contributed by atoms with van der Waals surface area (Å²) < 4.78 is 22.5. The number of phosphoric acid groups is 1. The number of nitrogens with zero attached hydrogens (tertiary/aromatic N) is 1. The van der Waals surface area contributed by atoms with Gasteiger partial charge in [-0.05, 0) is 6.42 Å². The van der Waals surface area contributed by atoms with E-state index in [2.05, 4.69) is 11.8 Å². The second-order valence-electron chi connectivity index (χ2n) is 8.01. The minimum atomic E-state index is -4.56. The van der Waals surface area contributed by atoms with Gasteiger partial charge in [-0.3, -0.25) is 19.1 Å². The van der Waals surface area contributed by atoms with Crippen LogP contribution in [0.1, 0.15) is 58.3 Å². The van der Waals surface area contributed by atoms with E-state index >= 15 is 0 Å². The summed E-state index contributed by atoms with van der Waals surface area (Å²) in [6.07, 6.45) is 4.12. The fourth-order valence-electron chi connectivity index (χ4n) is 2.52. The van der Waals surface area contributed by atoms with Crippen LogP contribution in [-0.2, 0) is 23.3 Å². The van der Waals surface area contributed by atoms with Crippen LogP contribution in [0.5, 0.6) is 0 Å². The van der Waals surface area contributed by atoms with Gasteiger partial charge >= 0.3 is 7.82 Å². The fraction of sp³-hybridized carbons (Fsp3) is 0.944. The Morgan fingerprint density at radius 1 is 1.07 bits per heavy atom. The Morgan fingerprint density at radius 2 is 1.64 bits per heavy atom. The van der Waals surface area contributed by atoms with Gasteiger partial charge in [0.2, 0.25) is 0 Å². The molecule has 10 heteroatoms. The molecule has 0 aliphatic carbocycles. The Morgan fingerprint density at radius 3 is 2.14 bits per heavy atom. The highest BCUT2D eigenvalue weighted by molar-refractivity contribution is 7.47. The summed E-state index contributed by atoms with van der Waals surface area (Å²) in [5, 5.41) is 18.2. The van der Waals surface area contributed by atoms with E-state index in [0.717, 1.165) is 19.3 Å². The predicted molar refractivity (Wildman–Crippen MR) is 106 cm³/mol. The second kappa shape index (κ2) is 14.6. The van der Waals surface area contributed by atoms with Crippen LogP contribution in [0.15, 0.2) is 0 Å². The van der Waals surface area contributed by atoms with Crippen LogP contribution >= 0.6 is 7.82 Å². The van der Waals surface area contributed by atoms with E-state index in [1.165, 1.54) is 19.3 Å². The van der Waals surface area contributed by atoms with Crippen molar-refractivity contribution in [3.63, 3.8) is 0 Å². The molecule has 0 aliphatic heterocycles. The Bertz CT molecular complexity index is 465. The van der Waals surface area contributed by atoms with Crippen molar-refractivity contribution in [3.05, 3.63) is 0 Å². The molecule has 0 bridgehead atoms. The third-order valence-electron chi connectivity index (χ3n) is 4.26. The normalized spacial score (nSPS) is 16.5. The van der Waals surface area contributed by atoms with Gasteiger partial charge in [0.25, 0.3) is 0 Å². The van der Waals surface area contributed by atoms with Gasteiger partial charge in [-0.2, -0.15) is 0 Å². The van der Waals surface area contributed by atoms with Gasteiger partial charge in [0.1, 0.15) is 19.3 Å². The van der Waals surface area contributed by atoms with Crippen molar-refractivity contribution in [3.8, 4) is 0 Å². The largest absolute Gasteiger partial charge is 0.473 e. The number of phosphoric ester groups is 1. The molecule has 2 unspecified atom stereocenters. The number of hydrogen-bond donors (Lipinski definition) is 3. The number of Topliss-reactive ketones (excluding diaryl/α,β-unsaturated/α-hetero) is 1. The van der Waals surface area contributed by atoms with E-state index in [-0.39, 0.29) is 13.0 Å². The first-order valence-corrected chi connectivity index (χ1v) is 11.5. The lowest BCUT2D eigenvalue weighted by molar-refractivity contribution is -0.870. The minimum absolute atomic E-state index is 0.0558. The maximum absolute atomic E-state index is 12.4. The number of rotatable bonds is 18. The summed E-state index contributed by atoms with van der Waals surface area (Å²) in [6.45, 7) is 1.79. The van der Waals surface area contributed by atoms with Gasteiger partial charge in [-0.15, -0.1) is 0 Å². The van der Waals surface area contributed by atoms with E-state index < -0.39 is 32.4 Å². The summed E-state index contributed by atoms with van der Waals surface area (Å²) in [5.74, 6) is -0.522. The van der Waals surface area contributed by atoms with Crippen molar-refractivity contribution in [2.75, 3.05) is 40.9 Å². The molecule has 3 N–H and O–H groups in total. The Labute approximate surface area is 168 Å². The molecule has 0 saturated heterocycles. The zero-order valence-electron chi connectivity index (χ0n) is 17.7. The van der Waals surface area contributed by atoms with Gasteiger partial charge < -0.3 is 14.5 Å². The third kappa shape index (κ3) is 13.7.